The molecule has 0 bridgehead atoms. The second-order valence-electron chi connectivity index (χ2n) is 5.70. The summed E-state index contributed by atoms with van der Waals surface area (Å²) in [5.74, 6) is 0.0969. The molecular weight excluding hydrogens is 216 g/mol. The average Bonchev–Trinajstić information content (AvgIpc) is 3.07. The molecule has 1 fully saturated rings. The lowest BCUT2D eigenvalue weighted by Gasteiger charge is -2.37. The van der Waals surface area contributed by atoms with E-state index in [0.717, 1.165) is 12.8 Å². The highest BCUT2D eigenvalue weighted by molar-refractivity contribution is 5.80. The standard InChI is InChI=1S/C13H26N2O2/c1-9(2)10(3)15(5)8-13(14-4,12(16)17)11-6-7-11/h9-11,14H,6-8H2,1-5H3,(H,16,17). The van der Waals surface area contributed by atoms with Crippen molar-refractivity contribution in [3.05, 3.63) is 0 Å². The van der Waals surface area contributed by atoms with Crippen molar-refractivity contribution < 1.29 is 9.90 Å². The minimum atomic E-state index is -0.766. The maximum atomic E-state index is 11.6. The number of carboxylic acids is 1. The Morgan fingerprint density at radius 3 is 2.29 bits per heavy atom. The molecule has 0 aromatic carbocycles. The number of hydrogen-bond acceptors (Lipinski definition) is 3. The zero-order chi connectivity index (χ0) is 13.2. The van der Waals surface area contributed by atoms with Gasteiger partial charge in [0.2, 0.25) is 0 Å². The van der Waals surface area contributed by atoms with Crippen molar-refractivity contribution in [2.24, 2.45) is 11.8 Å². The van der Waals surface area contributed by atoms with Crippen LogP contribution in [0.5, 0.6) is 0 Å². The highest BCUT2D eigenvalue weighted by Gasteiger charge is 2.51. The largest absolute Gasteiger partial charge is 0.480 e. The summed E-state index contributed by atoms with van der Waals surface area (Å²) in [6.07, 6.45) is 2.05. The van der Waals surface area contributed by atoms with Crippen LogP contribution in [-0.4, -0.2) is 48.2 Å². The third-order valence-corrected chi connectivity index (χ3v) is 4.26. The zero-order valence-corrected chi connectivity index (χ0v) is 11.7. The van der Waals surface area contributed by atoms with Gasteiger partial charge in [-0.2, -0.15) is 0 Å². The van der Waals surface area contributed by atoms with Crippen LogP contribution in [0.15, 0.2) is 0 Å². The van der Waals surface area contributed by atoms with Crippen molar-refractivity contribution in [2.45, 2.75) is 45.2 Å². The number of nitrogens with zero attached hydrogens (tertiary/aromatic N) is 1. The molecule has 1 rings (SSSR count). The number of rotatable bonds is 7. The predicted octanol–water partition coefficient (Wildman–Crippen LogP) is 1.42. The lowest BCUT2D eigenvalue weighted by atomic mass is 9.91. The van der Waals surface area contributed by atoms with Gasteiger partial charge in [-0.3, -0.25) is 4.79 Å². The summed E-state index contributed by atoms with van der Waals surface area (Å²) < 4.78 is 0. The molecule has 4 nitrogen and oxygen atoms in total. The van der Waals surface area contributed by atoms with Crippen LogP contribution in [0.25, 0.3) is 0 Å². The van der Waals surface area contributed by atoms with Crippen molar-refractivity contribution in [1.82, 2.24) is 10.2 Å². The van der Waals surface area contributed by atoms with Gasteiger partial charge in [0, 0.05) is 12.6 Å². The first-order chi connectivity index (χ1) is 7.85. The Bertz CT molecular complexity index is 277. The number of aliphatic carboxylic acids is 1. The second kappa shape index (κ2) is 5.36. The van der Waals surface area contributed by atoms with E-state index < -0.39 is 11.5 Å². The normalized spacial score (nSPS) is 21.6. The van der Waals surface area contributed by atoms with Crippen molar-refractivity contribution >= 4 is 5.97 Å². The topological polar surface area (TPSA) is 52.6 Å². The Hall–Kier alpha value is -0.610. The average molecular weight is 242 g/mol. The van der Waals surface area contributed by atoms with Gasteiger partial charge in [-0.15, -0.1) is 0 Å². The molecule has 0 aromatic heterocycles. The van der Waals surface area contributed by atoms with Crippen LogP contribution in [0.4, 0.5) is 0 Å². The summed E-state index contributed by atoms with van der Waals surface area (Å²) >= 11 is 0. The van der Waals surface area contributed by atoms with E-state index in [9.17, 15) is 9.90 Å². The first kappa shape index (κ1) is 14.5. The molecule has 0 heterocycles. The summed E-state index contributed by atoms with van der Waals surface area (Å²) in [7, 11) is 3.78. The molecule has 0 amide bonds. The van der Waals surface area contributed by atoms with Crippen molar-refractivity contribution in [3.63, 3.8) is 0 Å². The zero-order valence-electron chi connectivity index (χ0n) is 11.7. The minimum Gasteiger partial charge on any atom is -0.480 e. The summed E-state index contributed by atoms with van der Waals surface area (Å²) in [4.78, 5) is 13.7. The molecule has 100 valence electrons. The van der Waals surface area contributed by atoms with Crippen LogP contribution in [0.3, 0.4) is 0 Å². The third-order valence-electron chi connectivity index (χ3n) is 4.26. The van der Waals surface area contributed by atoms with Gasteiger partial charge >= 0.3 is 5.97 Å². The highest BCUT2D eigenvalue weighted by atomic mass is 16.4. The molecule has 4 heteroatoms. The van der Waals surface area contributed by atoms with Gasteiger partial charge in [-0.05, 0) is 45.7 Å². The summed E-state index contributed by atoms with van der Waals surface area (Å²) in [6.45, 7) is 7.06. The van der Waals surface area contributed by atoms with Gasteiger partial charge in [0.15, 0.2) is 0 Å². The molecule has 2 N–H and O–H groups in total. The van der Waals surface area contributed by atoms with Gasteiger partial charge in [-0.25, -0.2) is 0 Å². The molecule has 1 aliphatic rings. The number of hydrogen-bond donors (Lipinski definition) is 2. The Morgan fingerprint density at radius 1 is 1.47 bits per heavy atom. The van der Waals surface area contributed by atoms with Crippen LogP contribution in [0.1, 0.15) is 33.6 Å². The van der Waals surface area contributed by atoms with Gasteiger partial charge in [-0.1, -0.05) is 13.8 Å². The van der Waals surface area contributed by atoms with E-state index >= 15 is 0 Å². The first-order valence-electron chi connectivity index (χ1n) is 6.47. The van der Waals surface area contributed by atoms with Gasteiger partial charge in [0.25, 0.3) is 0 Å². The summed E-state index contributed by atoms with van der Waals surface area (Å²) in [5.41, 5.74) is -0.766. The highest BCUT2D eigenvalue weighted by Crippen LogP contribution is 2.40. The van der Waals surface area contributed by atoms with E-state index in [2.05, 4.69) is 31.0 Å². The predicted molar refractivity (Wildman–Crippen MR) is 69.1 cm³/mol. The number of nitrogens with one attached hydrogen (secondary N) is 1. The fraction of sp³-hybridized carbons (Fsp3) is 0.923. The van der Waals surface area contributed by atoms with Crippen molar-refractivity contribution in [2.75, 3.05) is 20.6 Å². The van der Waals surface area contributed by atoms with E-state index in [1.807, 2.05) is 7.05 Å². The fourth-order valence-electron chi connectivity index (χ4n) is 2.38. The molecule has 0 radical (unpaired) electrons. The smallest absolute Gasteiger partial charge is 0.325 e. The van der Waals surface area contributed by atoms with Gasteiger partial charge in [0.05, 0.1) is 0 Å². The summed E-state index contributed by atoms with van der Waals surface area (Å²) in [5, 5.41) is 12.6. The lowest BCUT2D eigenvalue weighted by Crippen LogP contribution is -2.60. The molecule has 2 unspecified atom stereocenters. The molecule has 0 saturated heterocycles. The van der Waals surface area contributed by atoms with Crippen LogP contribution < -0.4 is 5.32 Å². The fourth-order valence-corrected chi connectivity index (χ4v) is 2.38. The Balaban J connectivity index is 2.76. The maximum Gasteiger partial charge on any atom is 0.325 e. The number of carboxylic acid groups (broad SMARTS) is 1. The van der Waals surface area contributed by atoms with E-state index in [0.29, 0.717) is 18.5 Å². The number of carbonyl (C=O) groups is 1. The molecular formula is C13H26N2O2. The maximum absolute atomic E-state index is 11.6. The van der Waals surface area contributed by atoms with E-state index in [-0.39, 0.29) is 5.92 Å². The van der Waals surface area contributed by atoms with Crippen LogP contribution in [0.2, 0.25) is 0 Å². The van der Waals surface area contributed by atoms with Gasteiger partial charge < -0.3 is 15.3 Å². The van der Waals surface area contributed by atoms with Gasteiger partial charge in [0.1, 0.15) is 5.54 Å². The SMILES string of the molecule is CNC(CN(C)C(C)C(C)C)(C(=O)O)C1CC1. The minimum absolute atomic E-state index is 0.284. The third kappa shape index (κ3) is 2.99. The van der Waals surface area contributed by atoms with E-state index in [1.54, 1.807) is 7.05 Å². The number of likely N-dealkylation sites (N-methyl/N-ethyl adjacent to an activating group) is 2. The Labute approximate surface area is 104 Å². The van der Waals surface area contributed by atoms with E-state index in [4.69, 9.17) is 0 Å². The van der Waals surface area contributed by atoms with Crippen LogP contribution >= 0.6 is 0 Å². The lowest BCUT2D eigenvalue weighted by molar-refractivity contribution is -0.147. The monoisotopic (exact) mass is 242 g/mol. The molecule has 1 aliphatic carbocycles. The Kier molecular flexibility index (Phi) is 4.55. The van der Waals surface area contributed by atoms with E-state index in [1.165, 1.54) is 0 Å². The van der Waals surface area contributed by atoms with Crippen LogP contribution in [0, 0.1) is 11.8 Å². The quantitative estimate of drug-likeness (QED) is 0.709. The molecule has 2 atom stereocenters. The van der Waals surface area contributed by atoms with Crippen LogP contribution in [-0.2, 0) is 4.79 Å². The molecule has 1 saturated carbocycles. The molecule has 0 aromatic rings. The first-order valence-corrected chi connectivity index (χ1v) is 6.47. The van der Waals surface area contributed by atoms with Crippen molar-refractivity contribution in [1.29, 1.82) is 0 Å². The summed E-state index contributed by atoms with van der Waals surface area (Å²) in [6, 6.07) is 0.390. The second-order valence-corrected chi connectivity index (χ2v) is 5.70. The molecule has 0 spiro atoms. The molecule has 17 heavy (non-hydrogen) atoms. The molecule has 0 aliphatic heterocycles. The van der Waals surface area contributed by atoms with Crippen molar-refractivity contribution in [3.8, 4) is 0 Å². The Morgan fingerprint density at radius 2 is 2.00 bits per heavy atom.